The maximum absolute atomic E-state index is 5.93. The summed E-state index contributed by atoms with van der Waals surface area (Å²) in [4.78, 5) is 4.04. The molecule has 1 N–H and O–H groups in total. The highest BCUT2D eigenvalue weighted by Gasteiger charge is 2.11. The summed E-state index contributed by atoms with van der Waals surface area (Å²) in [6, 6.07) is 2.73. The third-order valence-corrected chi connectivity index (χ3v) is 3.78. The van der Waals surface area contributed by atoms with Crippen LogP contribution in [0.4, 0.5) is 0 Å². The van der Waals surface area contributed by atoms with E-state index in [1.54, 1.807) is 17.5 Å². The van der Waals surface area contributed by atoms with Gasteiger partial charge in [-0.1, -0.05) is 11.6 Å². The van der Waals surface area contributed by atoms with Crippen LogP contribution in [0.15, 0.2) is 30.2 Å². The Morgan fingerprint density at radius 2 is 2.35 bits per heavy atom. The van der Waals surface area contributed by atoms with E-state index >= 15 is 0 Å². The molecule has 0 saturated carbocycles. The van der Waals surface area contributed by atoms with Crippen molar-refractivity contribution in [2.45, 2.75) is 32.5 Å². The van der Waals surface area contributed by atoms with E-state index in [0.29, 0.717) is 12.1 Å². The zero-order valence-corrected chi connectivity index (χ0v) is 11.5. The van der Waals surface area contributed by atoms with Crippen LogP contribution in [0.25, 0.3) is 0 Å². The molecule has 0 bridgehead atoms. The van der Waals surface area contributed by atoms with Gasteiger partial charge in [-0.3, -0.25) is 0 Å². The Labute approximate surface area is 110 Å². The van der Waals surface area contributed by atoms with Crippen molar-refractivity contribution in [1.29, 1.82) is 0 Å². The van der Waals surface area contributed by atoms with Crippen LogP contribution in [0.3, 0.4) is 0 Å². The van der Waals surface area contributed by atoms with Crippen molar-refractivity contribution in [2.24, 2.45) is 0 Å². The second kappa shape index (κ2) is 5.67. The quantitative estimate of drug-likeness (QED) is 0.902. The van der Waals surface area contributed by atoms with Gasteiger partial charge in [-0.05, 0) is 30.9 Å². The molecule has 2 aromatic rings. The van der Waals surface area contributed by atoms with E-state index < -0.39 is 0 Å². The van der Waals surface area contributed by atoms with Crippen molar-refractivity contribution in [1.82, 2.24) is 14.9 Å². The minimum Gasteiger partial charge on any atom is -0.336 e. The molecule has 0 aliphatic carbocycles. The fraction of sp³-hybridized carbons (Fsp3) is 0.417. The van der Waals surface area contributed by atoms with Crippen molar-refractivity contribution in [3.05, 3.63) is 40.1 Å². The van der Waals surface area contributed by atoms with Crippen molar-refractivity contribution < 1.29 is 0 Å². The molecule has 2 rings (SSSR count). The van der Waals surface area contributed by atoms with E-state index in [2.05, 4.69) is 34.1 Å². The zero-order chi connectivity index (χ0) is 12.3. The Hall–Kier alpha value is -0.840. The Morgan fingerprint density at radius 3 is 2.94 bits per heavy atom. The minimum absolute atomic E-state index is 0.317. The maximum Gasteiger partial charge on any atom is 0.0946 e. The first-order valence-electron chi connectivity index (χ1n) is 5.61. The van der Waals surface area contributed by atoms with E-state index in [0.717, 1.165) is 10.9 Å². The van der Waals surface area contributed by atoms with Crippen LogP contribution in [0.1, 0.15) is 25.5 Å². The van der Waals surface area contributed by atoms with Crippen LogP contribution in [-0.2, 0) is 6.54 Å². The van der Waals surface area contributed by atoms with Crippen molar-refractivity contribution in [3.63, 3.8) is 0 Å². The first kappa shape index (κ1) is 12.6. The lowest BCUT2D eigenvalue weighted by Crippen LogP contribution is -2.32. The largest absolute Gasteiger partial charge is 0.336 e. The molecular weight excluding hydrogens is 254 g/mol. The highest BCUT2D eigenvalue weighted by molar-refractivity contribution is 7.14. The Kier molecular flexibility index (Phi) is 4.20. The van der Waals surface area contributed by atoms with Gasteiger partial charge in [-0.15, -0.1) is 11.3 Å². The molecule has 0 saturated heterocycles. The summed E-state index contributed by atoms with van der Waals surface area (Å²) in [5.74, 6) is 0. The standard InChI is InChI=1S/C12H16ClN3S/c1-9(6-16-4-3-14-8-16)15-10(2)11-5-12(13)17-7-11/h3-5,7-10,15H,6H2,1-2H3. The molecule has 0 aliphatic heterocycles. The lowest BCUT2D eigenvalue weighted by atomic mass is 10.1. The van der Waals surface area contributed by atoms with E-state index in [1.165, 1.54) is 5.56 Å². The Balaban J connectivity index is 1.88. The molecule has 0 radical (unpaired) electrons. The van der Waals surface area contributed by atoms with E-state index in [1.807, 2.05) is 18.6 Å². The molecule has 2 aromatic heterocycles. The summed E-state index contributed by atoms with van der Waals surface area (Å²) < 4.78 is 2.92. The number of halogens is 1. The van der Waals surface area contributed by atoms with Gasteiger partial charge in [-0.25, -0.2) is 4.98 Å². The Morgan fingerprint density at radius 1 is 1.53 bits per heavy atom. The predicted molar refractivity (Wildman–Crippen MR) is 72.6 cm³/mol. The summed E-state index contributed by atoms with van der Waals surface area (Å²) in [6.07, 6.45) is 5.61. The van der Waals surface area contributed by atoms with E-state index in [9.17, 15) is 0 Å². The molecule has 3 nitrogen and oxygen atoms in total. The van der Waals surface area contributed by atoms with Crippen LogP contribution in [0.2, 0.25) is 4.34 Å². The van der Waals surface area contributed by atoms with Gasteiger partial charge in [0, 0.05) is 31.0 Å². The normalized spacial score (nSPS) is 14.8. The fourth-order valence-corrected chi connectivity index (χ4v) is 2.82. The zero-order valence-electron chi connectivity index (χ0n) is 9.93. The molecule has 0 spiro atoms. The molecule has 0 fully saturated rings. The average molecular weight is 270 g/mol. The lowest BCUT2D eigenvalue weighted by Gasteiger charge is -2.19. The SMILES string of the molecule is CC(Cn1ccnc1)NC(C)c1csc(Cl)c1. The van der Waals surface area contributed by atoms with Crippen molar-refractivity contribution in [2.75, 3.05) is 0 Å². The molecule has 0 aliphatic rings. The number of imidazole rings is 1. The van der Waals surface area contributed by atoms with Gasteiger partial charge in [0.15, 0.2) is 0 Å². The monoisotopic (exact) mass is 269 g/mol. The highest BCUT2D eigenvalue weighted by Crippen LogP contribution is 2.24. The number of hydrogen-bond acceptors (Lipinski definition) is 3. The Bertz CT molecular complexity index is 452. The van der Waals surface area contributed by atoms with Crippen LogP contribution in [-0.4, -0.2) is 15.6 Å². The molecule has 17 heavy (non-hydrogen) atoms. The summed E-state index contributed by atoms with van der Waals surface area (Å²) >= 11 is 7.51. The van der Waals surface area contributed by atoms with Gasteiger partial charge >= 0.3 is 0 Å². The lowest BCUT2D eigenvalue weighted by molar-refractivity contribution is 0.431. The molecular formula is C12H16ClN3S. The van der Waals surface area contributed by atoms with Crippen molar-refractivity contribution in [3.8, 4) is 0 Å². The highest BCUT2D eigenvalue weighted by atomic mass is 35.5. The molecule has 0 aromatic carbocycles. The first-order valence-corrected chi connectivity index (χ1v) is 6.86. The van der Waals surface area contributed by atoms with Gasteiger partial charge in [-0.2, -0.15) is 0 Å². The number of aromatic nitrogens is 2. The topological polar surface area (TPSA) is 29.9 Å². The van der Waals surface area contributed by atoms with Crippen molar-refractivity contribution >= 4 is 22.9 Å². The van der Waals surface area contributed by atoms with E-state index in [-0.39, 0.29) is 0 Å². The fourth-order valence-electron chi connectivity index (χ4n) is 1.84. The molecule has 2 unspecified atom stereocenters. The van der Waals surface area contributed by atoms with Gasteiger partial charge in [0.05, 0.1) is 10.7 Å². The summed E-state index contributed by atoms with van der Waals surface area (Å²) in [5.41, 5.74) is 1.25. The van der Waals surface area contributed by atoms with Gasteiger partial charge in [0.1, 0.15) is 0 Å². The summed E-state index contributed by atoms with van der Waals surface area (Å²) in [6.45, 7) is 5.25. The summed E-state index contributed by atoms with van der Waals surface area (Å²) in [7, 11) is 0. The third-order valence-electron chi connectivity index (χ3n) is 2.67. The molecule has 5 heteroatoms. The number of nitrogens with one attached hydrogen (secondary N) is 1. The van der Waals surface area contributed by atoms with Crippen LogP contribution in [0, 0.1) is 0 Å². The molecule has 0 amide bonds. The van der Waals surface area contributed by atoms with Gasteiger partial charge in [0.25, 0.3) is 0 Å². The van der Waals surface area contributed by atoms with Crippen LogP contribution in [0.5, 0.6) is 0 Å². The van der Waals surface area contributed by atoms with Crippen LogP contribution >= 0.6 is 22.9 Å². The average Bonchev–Trinajstić information content (AvgIpc) is 2.89. The molecule has 92 valence electrons. The minimum atomic E-state index is 0.317. The van der Waals surface area contributed by atoms with Gasteiger partial charge in [0.2, 0.25) is 0 Å². The number of hydrogen-bond donors (Lipinski definition) is 1. The second-order valence-electron chi connectivity index (χ2n) is 4.23. The number of rotatable bonds is 5. The number of nitrogens with zero attached hydrogens (tertiary/aromatic N) is 2. The molecule has 2 heterocycles. The van der Waals surface area contributed by atoms with E-state index in [4.69, 9.17) is 11.6 Å². The molecule has 2 atom stereocenters. The smallest absolute Gasteiger partial charge is 0.0946 e. The van der Waals surface area contributed by atoms with Gasteiger partial charge < -0.3 is 9.88 Å². The number of thiophene rings is 1. The maximum atomic E-state index is 5.93. The second-order valence-corrected chi connectivity index (χ2v) is 5.78. The van der Waals surface area contributed by atoms with Crippen LogP contribution < -0.4 is 5.32 Å². The predicted octanol–water partition coefficient (Wildman–Crippen LogP) is 3.34. The summed E-state index contributed by atoms with van der Waals surface area (Å²) in [5, 5.41) is 5.65. The first-order chi connectivity index (χ1) is 8.15. The third kappa shape index (κ3) is 3.56.